The van der Waals surface area contributed by atoms with Crippen LogP contribution in [0.3, 0.4) is 0 Å². The van der Waals surface area contributed by atoms with Crippen molar-refractivity contribution in [2.45, 2.75) is 12.8 Å². The van der Waals surface area contributed by atoms with Gasteiger partial charge >= 0.3 is 6.03 Å². The summed E-state index contributed by atoms with van der Waals surface area (Å²) >= 11 is 0. The Hall–Kier alpha value is -1.62. The van der Waals surface area contributed by atoms with E-state index in [1.165, 1.54) is 12.1 Å². The first-order valence-electron chi connectivity index (χ1n) is 5.14. The molecule has 5 heteroatoms. The Morgan fingerprint density at radius 3 is 2.75 bits per heavy atom. The lowest BCUT2D eigenvalue weighted by Crippen LogP contribution is -2.29. The highest BCUT2D eigenvalue weighted by Gasteiger charge is 2.04. The number of hydrogen-bond donors (Lipinski definition) is 3. The van der Waals surface area contributed by atoms with E-state index in [4.69, 9.17) is 5.11 Å². The van der Waals surface area contributed by atoms with E-state index >= 15 is 0 Å². The molecule has 0 aliphatic rings. The molecule has 1 aromatic rings. The molecular weight excluding hydrogens is 211 g/mol. The molecule has 0 unspecified atom stereocenters. The van der Waals surface area contributed by atoms with Crippen molar-refractivity contribution in [2.75, 3.05) is 18.5 Å². The maximum Gasteiger partial charge on any atom is 0.319 e. The van der Waals surface area contributed by atoms with Crippen molar-refractivity contribution in [3.63, 3.8) is 0 Å². The lowest BCUT2D eigenvalue weighted by atomic mass is 10.3. The number of anilines is 1. The number of unbranched alkanes of at least 4 members (excludes halogenated alkanes) is 1. The second-order valence-electron chi connectivity index (χ2n) is 3.29. The van der Waals surface area contributed by atoms with Crippen LogP contribution in [0, 0.1) is 5.82 Å². The van der Waals surface area contributed by atoms with Crippen molar-refractivity contribution in [2.24, 2.45) is 0 Å². The van der Waals surface area contributed by atoms with E-state index in [0.29, 0.717) is 19.4 Å². The number of aliphatic hydroxyl groups excluding tert-OH is 1. The van der Waals surface area contributed by atoms with Crippen LogP contribution in [0.15, 0.2) is 24.3 Å². The molecule has 0 saturated carbocycles. The molecule has 88 valence electrons. The molecule has 2 amide bonds. The van der Waals surface area contributed by atoms with Crippen LogP contribution in [0.5, 0.6) is 0 Å². The number of urea groups is 1. The van der Waals surface area contributed by atoms with E-state index in [1.54, 1.807) is 12.1 Å². The van der Waals surface area contributed by atoms with Crippen LogP contribution in [0.4, 0.5) is 14.9 Å². The quantitative estimate of drug-likeness (QED) is 0.669. The van der Waals surface area contributed by atoms with E-state index < -0.39 is 11.8 Å². The van der Waals surface area contributed by atoms with Crippen LogP contribution in [-0.2, 0) is 0 Å². The molecule has 16 heavy (non-hydrogen) atoms. The molecule has 0 aliphatic carbocycles. The van der Waals surface area contributed by atoms with Gasteiger partial charge in [0.15, 0.2) is 0 Å². The average Bonchev–Trinajstić information content (AvgIpc) is 2.28. The topological polar surface area (TPSA) is 61.4 Å². The van der Waals surface area contributed by atoms with Gasteiger partial charge in [0.1, 0.15) is 5.82 Å². The van der Waals surface area contributed by atoms with Crippen molar-refractivity contribution in [3.8, 4) is 0 Å². The number of para-hydroxylation sites is 1. The van der Waals surface area contributed by atoms with Gasteiger partial charge in [-0.1, -0.05) is 12.1 Å². The minimum absolute atomic E-state index is 0.108. The zero-order valence-corrected chi connectivity index (χ0v) is 8.87. The molecule has 1 aromatic carbocycles. The van der Waals surface area contributed by atoms with Crippen molar-refractivity contribution in [1.29, 1.82) is 0 Å². The minimum atomic E-state index is -0.465. The average molecular weight is 226 g/mol. The molecule has 4 nitrogen and oxygen atoms in total. The van der Waals surface area contributed by atoms with E-state index in [-0.39, 0.29) is 12.3 Å². The van der Waals surface area contributed by atoms with Crippen LogP contribution < -0.4 is 10.6 Å². The summed E-state index contributed by atoms with van der Waals surface area (Å²) in [6.45, 7) is 0.567. The predicted octanol–water partition coefficient (Wildman–Crippen LogP) is 1.72. The summed E-state index contributed by atoms with van der Waals surface area (Å²) < 4.78 is 13.1. The molecule has 0 saturated heterocycles. The molecule has 0 fully saturated rings. The van der Waals surface area contributed by atoms with Crippen molar-refractivity contribution >= 4 is 11.7 Å². The standard InChI is InChI=1S/C11H15FN2O2/c12-9-5-1-2-6-10(9)14-11(16)13-7-3-4-8-15/h1-2,5-6,15H,3-4,7-8H2,(H2,13,14,16). The van der Waals surface area contributed by atoms with E-state index in [9.17, 15) is 9.18 Å². The molecule has 0 atom stereocenters. The molecule has 1 rings (SSSR count). The SMILES string of the molecule is O=C(NCCCCO)Nc1ccccc1F. The minimum Gasteiger partial charge on any atom is -0.396 e. The number of aliphatic hydroxyl groups is 1. The Bertz CT molecular complexity index is 345. The zero-order chi connectivity index (χ0) is 11.8. The van der Waals surface area contributed by atoms with Crippen LogP contribution >= 0.6 is 0 Å². The summed E-state index contributed by atoms with van der Waals surface area (Å²) in [5.41, 5.74) is 0.155. The molecule has 0 radical (unpaired) electrons. The van der Waals surface area contributed by atoms with Gasteiger partial charge in [0.2, 0.25) is 0 Å². The van der Waals surface area contributed by atoms with Gasteiger partial charge in [-0.25, -0.2) is 9.18 Å². The monoisotopic (exact) mass is 226 g/mol. The predicted molar refractivity (Wildman–Crippen MR) is 59.7 cm³/mol. The molecule has 0 bridgehead atoms. The highest BCUT2D eigenvalue weighted by atomic mass is 19.1. The molecule has 0 aromatic heterocycles. The maximum absolute atomic E-state index is 13.1. The van der Waals surface area contributed by atoms with Gasteiger partial charge in [-0.2, -0.15) is 0 Å². The number of rotatable bonds is 5. The number of nitrogens with one attached hydrogen (secondary N) is 2. The number of hydrogen-bond acceptors (Lipinski definition) is 2. The Morgan fingerprint density at radius 2 is 2.06 bits per heavy atom. The Balaban J connectivity index is 2.32. The number of carbonyl (C=O) groups is 1. The maximum atomic E-state index is 13.1. The summed E-state index contributed by atoms with van der Waals surface area (Å²) in [6, 6.07) is 5.52. The van der Waals surface area contributed by atoms with E-state index in [0.717, 1.165) is 0 Å². The summed E-state index contributed by atoms with van der Waals surface area (Å²) in [4.78, 5) is 11.3. The highest BCUT2D eigenvalue weighted by molar-refractivity contribution is 5.89. The first-order chi connectivity index (χ1) is 7.74. The number of carbonyl (C=O) groups excluding carboxylic acids is 1. The third-order valence-corrected chi connectivity index (χ3v) is 1.99. The number of amides is 2. The summed E-state index contributed by atoms with van der Waals surface area (Å²) in [5, 5.41) is 13.5. The zero-order valence-electron chi connectivity index (χ0n) is 8.87. The Labute approximate surface area is 93.5 Å². The van der Waals surface area contributed by atoms with Crippen molar-refractivity contribution < 1.29 is 14.3 Å². The van der Waals surface area contributed by atoms with Gasteiger partial charge in [-0.3, -0.25) is 0 Å². The lowest BCUT2D eigenvalue weighted by molar-refractivity contribution is 0.250. The normalized spacial score (nSPS) is 9.88. The largest absolute Gasteiger partial charge is 0.396 e. The van der Waals surface area contributed by atoms with Gasteiger partial charge in [0.25, 0.3) is 0 Å². The van der Waals surface area contributed by atoms with Crippen LogP contribution in [0.2, 0.25) is 0 Å². The van der Waals surface area contributed by atoms with Gasteiger partial charge in [-0.05, 0) is 25.0 Å². The van der Waals surface area contributed by atoms with Crippen molar-refractivity contribution in [1.82, 2.24) is 5.32 Å². The van der Waals surface area contributed by atoms with Crippen molar-refractivity contribution in [3.05, 3.63) is 30.1 Å². The van der Waals surface area contributed by atoms with Crippen LogP contribution in [-0.4, -0.2) is 24.3 Å². The fourth-order valence-corrected chi connectivity index (χ4v) is 1.17. The van der Waals surface area contributed by atoms with E-state index in [1.807, 2.05) is 0 Å². The fraction of sp³-hybridized carbons (Fsp3) is 0.364. The van der Waals surface area contributed by atoms with Crippen LogP contribution in [0.25, 0.3) is 0 Å². The lowest BCUT2D eigenvalue weighted by Gasteiger charge is -2.07. The Morgan fingerprint density at radius 1 is 1.31 bits per heavy atom. The highest BCUT2D eigenvalue weighted by Crippen LogP contribution is 2.11. The summed E-state index contributed by atoms with van der Waals surface area (Å²) in [6.07, 6.45) is 1.33. The molecule has 0 spiro atoms. The van der Waals surface area contributed by atoms with E-state index in [2.05, 4.69) is 10.6 Å². The smallest absolute Gasteiger partial charge is 0.319 e. The van der Waals surface area contributed by atoms with Gasteiger partial charge < -0.3 is 15.7 Å². The Kier molecular flexibility index (Phi) is 5.28. The number of benzene rings is 1. The first-order valence-corrected chi connectivity index (χ1v) is 5.14. The molecule has 0 aliphatic heterocycles. The fourth-order valence-electron chi connectivity index (χ4n) is 1.17. The van der Waals surface area contributed by atoms with Gasteiger partial charge in [-0.15, -0.1) is 0 Å². The third kappa shape index (κ3) is 4.27. The summed E-state index contributed by atoms with van der Waals surface area (Å²) in [5.74, 6) is -0.465. The third-order valence-electron chi connectivity index (χ3n) is 1.99. The van der Waals surface area contributed by atoms with Crippen LogP contribution in [0.1, 0.15) is 12.8 Å². The molecular formula is C11H15FN2O2. The van der Waals surface area contributed by atoms with Gasteiger partial charge in [0, 0.05) is 13.2 Å². The van der Waals surface area contributed by atoms with Gasteiger partial charge in [0.05, 0.1) is 5.69 Å². The second kappa shape index (κ2) is 6.79. The molecule has 0 heterocycles. The summed E-state index contributed by atoms with van der Waals surface area (Å²) in [7, 11) is 0. The second-order valence-corrected chi connectivity index (χ2v) is 3.29. The number of halogens is 1. The molecule has 3 N–H and O–H groups in total. The first kappa shape index (κ1) is 12.4.